The van der Waals surface area contributed by atoms with Gasteiger partial charge < -0.3 is 24.8 Å². The fraction of sp³-hybridized carbons (Fsp3) is 0.731. The van der Waals surface area contributed by atoms with Crippen molar-refractivity contribution in [2.75, 3.05) is 0 Å². The minimum absolute atomic E-state index is 0.0328. The topological polar surface area (TPSA) is 129 Å². The van der Waals surface area contributed by atoms with Crippen LogP contribution in [0.4, 0.5) is 0 Å². The molecule has 0 unspecified atom stereocenters. The molecule has 1 aromatic heterocycles. The molecule has 1 aromatic rings. The van der Waals surface area contributed by atoms with E-state index in [1.807, 2.05) is 25.3 Å². The highest BCUT2D eigenvalue weighted by Gasteiger charge is 2.44. The number of cyclic esters (lactones) is 1. The standard InChI is InChI=1S/C26H39NO7S/c1-14-7-6-8-18-20(33-18)10-19(15(2)9-17-13-35-22(12-28)27-17)34-23(30)11-21(29)26(4,5)25(32)16(3)24(14)31/h9,13-14,16,18-21,24,28-29,31H,6-8,10-12H2,1-5H3/b15-9+/t14-,16+,18+,19-,20-,21-,24+/m0/s1. The third kappa shape index (κ3) is 6.98. The summed E-state index contributed by atoms with van der Waals surface area (Å²) in [7, 11) is 0. The zero-order valence-corrected chi connectivity index (χ0v) is 22.1. The lowest BCUT2D eigenvalue weighted by Crippen LogP contribution is -2.45. The van der Waals surface area contributed by atoms with Gasteiger partial charge in [-0.05, 0) is 37.3 Å². The number of epoxide rings is 1. The summed E-state index contributed by atoms with van der Waals surface area (Å²) in [5.74, 6) is -1.61. The number of rotatable bonds is 3. The Balaban J connectivity index is 1.81. The summed E-state index contributed by atoms with van der Waals surface area (Å²) in [6, 6.07) is 0. The Morgan fingerprint density at radius 3 is 2.60 bits per heavy atom. The maximum Gasteiger partial charge on any atom is 0.309 e. The molecule has 2 fully saturated rings. The van der Waals surface area contributed by atoms with Crippen molar-refractivity contribution in [3.63, 3.8) is 0 Å². The lowest BCUT2D eigenvalue weighted by Gasteiger charge is -2.34. The predicted molar refractivity (Wildman–Crippen MR) is 132 cm³/mol. The van der Waals surface area contributed by atoms with E-state index in [0.717, 1.165) is 24.8 Å². The fourth-order valence-electron chi connectivity index (χ4n) is 4.80. The van der Waals surface area contributed by atoms with Crippen LogP contribution in [0.2, 0.25) is 0 Å². The maximum absolute atomic E-state index is 13.2. The number of carbonyl (C=O) groups excluding carboxylic acids is 2. The molecule has 2 aliphatic rings. The Kier molecular flexibility index (Phi) is 9.26. The van der Waals surface area contributed by atoms with Crippen LogP contribution >= 0.6 is 11.3 Å². The van der Waals surface area contributed by atoms with Gasteiger partial charge in [0.1, 0.15) is 16.9 Å². The van der Waals surface area contributed by atoms with Gasteiger partial charge in [0.25, 0.3) is 0 Å². The van der Waals surface area contributed by atoms with E-state index in [4.69, 9.17) is 9.47 Å². The van der Waals surface area contributed by atoms with Gasteiger partial charge in [-0.3, -0.25) is 9.59 Å². The van der Waals surface area contributed by atoms with E-state index in [0.29, 0.717) is 17.1 Å². The van der Waals surface area contributed by atoms with Gasteiger partial charge in [0.2, 0.25) is 0 Å². The summed E-state index contributed by atoms with van der Waals surface area (Å²) in [6.07, 6.45) is 1.86. The van der Waals surface area contributed by atoms with E-state index in [9.17, 15) is 24.9 Å². The number of hydrogen-bond donors (Lipinski definition) is 3. The van der Waals surface area contributed by atoms with Crippen LogP contribution in [0, 0.1) is 17.3 Å². The molecule has 0 radical (unpaired) electrons. The number of hydrogen-bond acceptors (Lipinski definition) is 9. The average molecular weight is 510 g/mol. The molecule has 0 spiro atoms. The second-order valence-electron chi connectivity index (χ2n) is 10.6. The minimum atomic E-state index is -1.25. The Hall–Kier alpha value is -1.65. The number of Topliss-reactive ketones (excluding diaryl/α,β-unsaturated/α-hetero) is 1. The van der Waals surface area contributed by atoms with Crippen molar-refractivity contribution in [1.82, 2.24) is 4.98 Å². The largest absolute Gasteiger partial charge is 0.458 e. The molecule has 0 amide bonds. The molecule has 35 heavy (non-hydrogen) atoms. The first-order chi connectivity index (χ1) is 16.4. The first-order valence-electron chi connectivity index (χ1n) is 12.4. The summed E-state index contributed by atoms with van der Waals surface area (Å²) < 4.78 is 11.7. The summed E-state index contributed by atoms with van der Waals surface area (Å²) in [6.45, 7) is 8.57. The van der Waals surface area contributed by atoms with E-state index < -0.39 is 35.6 Å². The van der Waals surface area contributed by atoms with E-state index >= 15 is 0 Å². The monoisotopic (exact) mass is 509 g/mol. The van der Waals surface area contributed by atoms with Gasteiger partial charge in [-0.2, -0.15) is 0 Å². The molecular formula is C26H39NO7S. The van der Waals surface area contributed by atoms with Crippen molar-refractivity contribution in [3.05, 3.63) is 21.7 Å². The van der Waals surface area contributed by atoms with Gasteiger partial charge in [-0.15, -0.1) is 11.3 Å². The smallest absolute Gasteiger partial charge is 0.309 e. The third-order valence-corrected chi connectivity index (χ3v) is 8.33. The second-order valence-corrected chi connectivity index (χ2v) is 11.6. The van der Waals surface area contributed by atoms with Crippen LogP contribution in [0.15, 0.2) is 11.0 Å². The first kappa shape index (κ1) is 27.9. The number of aliphatic hydroxyl groups excluding tert-OH is 3. The van der Waals surface area contributed by atoms with Crippen LogP contribution in [0.3, 0.4) is 0 Å². The summed E-state index contributed by atoms with van der Waals surface area (Å²) >= 11 is 1.35. The summed E-state index contributed by atoms with van der Waals surface area (Å²) in [5.41, 5.74) is 0.253. The molecule has 3 N–H and O–H groups in total. The number of thiazole rings is 1. The van der Waals surface area contributed by atoms with Gasteiger partial charge in [0.15, 0.2) is 0 Å². The predicted octanol–water partition coefficient (Wildman–Crippen LogP) is 3.27. The second kappa shape index (κ2) is 11.6. The van der Waals surface area contributed by atoms with E-state index in [1.54, 1.807) is 20.8 Å². The van der Waals surface area contributed by atoms with Crippen LogP contribution in [-0.2, 0) is 25.7 Å². The molecule has 3 heterocycles. The van der Waals surface area contributed by atoms with Crippen LogP contribution in [0.1, 0.15) is 77.4 Å². The highest BCUT2D eigenvalue weighted by atomic mass is 32.1. The molecule has 7 atom stereocenters. The van der Waals surface area contributed by atoms with Crippen LogP contribution in [0.5, 0.6) is 0 Å². The summed E-state index contributed by atoms with van der Waals surface area (Å²) in [4.78, 5) is 30.4. The molecule has 196 valence electrons. The number of esters is 1. The number of aliphatic hydroxyl groups is 3. The van der Waals surface area contributed by atoms with Crippen molar-refractivity contribution in [2.45, 2.75) is 104 Å². The average Bonchev–Trinajstić information content (AvgIpc) is 3.38. The number of fused-ring (bicyclic) bond motifs is 1. The highest BCUT2D eigenvalue weighted by Crippen LogP contribution is 2.36. The van der Waals surface area contributed by atoms with Crippen LogP contribution in [-0.4, -0.2) is 62.6 Å². The van der Waals surface area contributed by atoms with Gasteiger partial charge >= 0.3 is 5.97 Å². The molecule has 3 rings (SSSR count). The maximum atomic E-state index is 13.2. The molecule has 2 aliphatic heterocycles. The van der Waals surface area contributed by atoms with Gasteiger partial charge in [0.05, 0.1) is 48.6 Å². The molecule has 0 aliphatic carbocycles. The van der Waals surface area contributed by atoms with Crippen LogP contribution < -0.4 is 0 Å². The van der Waals surface area contributed by atoms with Crippen molar-refractivity contribution in [1.29, 1.82) is 0 Å². The zero-order valence-electron chi connectivity index (χ0n) is 21.3. The van der Waals surface area contributed by atoms with E-state index in [2.05, 4.69) is 4.98 Å². The number of ether oxygens (including phenoxy) is 2. The van der Waals surface area contributed by atoms with E-state index in [1.165, 1.54) is 11.3 Å². The summed E-state index contributed by atoms with van der Waals surface area (Å²) in [5, 5.41) is 33.3. The lowest BCUT2D eigenvalue weighted by atomic mass is 9.73. The van der Waals surface area contributed by atoms with Crippen molar-refractivity contribution < 1.29 is 34.4 Å². The Morgan fingerprint density at radius 1 is 1.23 bits per heavy atom. The highest BCUT2D eigenvalue weighted by molar-refractivity contribution is 7.09. The number of carbonyl (C=O) groups is 2. The van der Waals surface area contributed by atoms with Crippen molar-refractivity contribution in [2.24, 2.45) is 17.3 Å². The quantitative estimate of drug-likeness (QED) is 0.418. The Bertz CT molecular complexity index is 927. The SMILES string of the molecule is C/C(=C\c1csc(CO)n1)[C@@H]1C[C@@H]2O[C@@H]2CCC[C@H](C)[C@@H](O)[C@@H](C)C(=O)C(C)(C)[C@@H](O)CC(=O)O1. The van der Waals surface area contributed by atoms with Crippen molar-refractivity contribution in [3.8, 4) is 0 Å². The number of ketones is 1. The van der Waals surface area contributed by atoms with Crippen molar-refractivity contribution >= 4 is 29.2 Å². The van der Waals surface area contributed by atoms with Crippen LogP contribution in [0.25, 0.3) is 6.08 Å². The van der Waals surface area contributed by atoms with Gasteiger partial charge in [-0.1, -0.05) is 34.1 Å². The minimum Gasteiger partial charge on any atom is -0.458 e. The molecule has 9 heteroatoms. The normalized spacial score (nSPS) is 35.3. The van der Waals surface area contributed by atoms with Gasteiger partial charge in [0, 0.05) is 17.7 Å². The first-order valence-corrected chi connectivity index (χ1v) is 13.3. The fourth-order valence-corrected chi connectivity index (χ4v) is 5.41. The molecule has 0 saturated carbocycles. The van der Waals surface area contributed by atoms with Gasteiger partial charge in [-0.25, -0.2) is 4.98 Å². The molecule has 2 saturated heterocycles. The van der Waals surface area contributed by atoms with E-state index in [-0.39, 0.29) is 36.9 Å². The third-order valence-electron chi connectivity index (χ3n) is 7.48. The number of aromatic nitrogens is 1. The molecule has 8 nitrogen and oxygen atoms in total. The Morgan fingerprint density at radius 2 is 1.94 bits per heavy atom. The molecular weight excluding hydrogens is 470 g/mol. The zero-order chi connectivity index (χ0) is 25.9. The Labute approximate surface area is 211 Å². The number of nitrogens with zero attached hydrogens (tertiary/aromatic N) is 1. The molecule has 0 aromatic carbocycles. The lowest BCUT2D eigenvalue weighted by molar-refractivity contribution is -0.154. The molecule has 0 bridgehead atoms.